The molecule has 0 rings (SSSR count). The third-order valence-corrected chi connectivity index (χ3v) is 6.74. The number of nitriles is 1. The molecule has 0 aliphatic carbocycles. The number of hydrogen-bond acceptors (Lipinski definition) is 16. The van der Waals surface area contributed by atoms with E-state index in [4.69, 9.17) is 39.4 Å². The van der Waals surface area contributed by atoms with E-state index in [0.717, 1.165) is 19.3 Å². The van der Waals surface area contributed by atoms with E-state index < -0.39 is 47.9 Å². The standard InChI is InChI=1S/C17H32N2O6.C17H28N2O6/c2*1-4-23-15(20)12-14(17(22)25-6-3)19(11-9-7-8-10-18)13-16(21)24-5-2/h14H,4-13,18H2,1-3H3;14H,4-9,11-13H2,1-3H3. The van der Waals surface area contributed by atoms with Crippen LogP contribution in [0.2, 0.25) is 0 Å². The second-order valence-corrected chi connectivity index (χ2v) is 10.6. The molecule has 0 heterocycles. The zero-order valence-electron chi connectivity index (χ0n) is 30.9. The van der Waals surface area contributed by atoms with Crippen LogP contribution in [0.25, 0.3) is 0 Å². The van der Waals surface area contributed by atoms with E-state index in [-0.39, 0.29) is 65.6 Å². The minimum atomic E-state index is -0.925. The van der Waals surface area contributed by atoms with Crippen molar-refractivity contribution in [1.29, 1.82) is 5.26 Å². The summed E-state index contributed by atoms with van der Waals surface area (Å²) in [6.07, 6.45) is 3.72. The largest absolute Gasteiger partial charge is 0.466 e. The highest BCUT2D eigenvalue weighted by Crippen LogP contribution is 2.13. The summed E-state index contributed by atoms with van der Waals surface area (Å²) in [5.41, 5.74) is 5.49. The maximum atomic E-state index is 12.3. The molecule has 2 atom stereocenters. The Labute approximate surface area is 297 Å². The molecule has 0 bridgehead atoms. The zero-order chi connectivity index (χ0) is 38.2. The van der Waals surface area contributed by atoms with E-state index in [2.05, 4.69) is 0 Å². The molecule has 0 aromatic carbocycles. The fourth-order valence-corrected chi connectivity index (χ4v) is 4.55. The number of nitrogens with zero attached hydrogens (tertiary/aromatic N) is 3. The van der Waals surface area contributed by atoms with E-state index in [1.807, 2.05) is 6.07 Å². The molecule has 50 heavy (non-hydrogen) atoms. The smallest absolute Gasteiger partial charge is 0.323 e. The van der Waals surface area contributed by atoms with Gasteiger partial charge in [0.05, 0.1) is 71.6 Å². The predicted molar refractivity (Wildman–Crippen MR) is 182 cm³/mol. The topological polar surface area (TPSA) is 214 Å². The van der Waals surface area contributed by atoms with Crippen LogP contribution in [-0.2, 0) is 57.2 Å². The lowest BCUT2D eigenvalue weighted by Gasteiger charge is -2.28. The lowest BCUT2D eigenvalue weighted by atomic mass is 10.1. The molecule has 16 heteroatoms. The fraction of sp³-hybridized carbons (Fsp3) is 0.794. The Kier molecular flexibility index (Phi) is 31.3. The molecule has 16 nitrogen and oxygen atoms in total. The third-order valence-electron chi connectivity index (χ3n) is 6.74. The molecule has 0 spiro atoms. The molecule has 0 fully saturated rings. The minimum Gasteiger partial charge on any atom is -0.466 e. The molecule has 0 radical (unpaired) electrons. The quantitative estimate of drug-likeness (QED) is 0.0733. The van der Waals surface area contributed by atoms with Gasteiger partial charge in [-0.2, -0.15) is 5.26 Å². The maximum absolute atomic E-state index is 12.3. The number of nitrogens with two attached hydrogens (primary N) is 1. The normalized spacial score (nSPS) is 11.7. The molecule has 2 N–H and O–H groups in total. The first kappa shape index (κ1) is 48.3. The van der Waals surface area contributed by atoms with Gasteiger partial charge in [-0.3, -0.25) is 38.6 Å². The van der Waals surface area contributed by atoms with Crippen LogP contribution in [0.5, 0.6) is 0 Å². The molecule has 288 valence electrons. The van der Waals surface area contributed by atoms with Crippen LogP contribution in [0.4, 0.5) is 0 Å². The average molecular weight is 717 g/mol. The molecule has 0 aromatic heterocycles. The van der Waals surface area contributed by atoms with Gasteiger partial charge in [-0.1, -0.05) is 6.42 Å². The Morgan fingerprint density at radius 1 is 0.540 bits per heavy atom. The summed E-state index contributed by atoms with van der Waals surface area (Å²) in [4.78, 5) is 75.2. The first-order valence-corrected chi connectivity index (χ1v) is 17.5. The fourth-order valence-electron chi connectivity index (χ4n) is 4.55. The van der Waals surface area contributed by atoms with E-state index in [1.165, 1.54) is 0 Å². The van der Waals surface area contributed by atoms with E-state index in [9.17, 15) is 28.8 Å². The third kappa shape index (κ3) is 24.3. The second kappa shape index (κ2) is 32.4. The molecule has 2 unspecified atom stereocenters. The van der Waals surface area contributed by atoms with Crippen LogP contribution in [0, 0.1) is 11.3 Å². The number of esters is 6. The van der Waals surface area contributed by atoms with Crippen molar-refractivity contribution in [1.82, 2.24) is 9.80 Å². The summed E-state index contributed by atoms with van der Waals surface area (Å²) < 4.78 is 29.9. The molecule has 0 aliphatic heterocycles. The first-order chi connectivity index (χ1) is 24.0. The summed E-state index contributed by atoms with van der Waals surface area (Å²) in [6.45, 7) is 12.6. The van der Waals surface area contributed by atoms with Crippen LogP contribution in [0.3, 0.4) is 0 Å². The number of hydrogen-bond donors (Lipinski definition) is 1. The Bertz CT molecular complexity index is 1020. The minimum absolute atomic E-state index is 0.0840. The Morgan fingerprint density at radius 2 is 0.900 bits per heavy atom. The monoisotopic (exact) mass is 716 g/mol. The van der Waals surface area contributed by atoms with Gasteiger partial charge in [0.15, 0.2) is 0 Å². The van der Waals surface area contributed by atoms with Gasteiger partial charge < -0.3 is 34.2 Å². The lowest BCUT2D eigenvalue weighted by molar-refractivity contribution is -0.159. The van der Waals surface area contributed by atoms with Crippen LogP contribution >= 0.6 is 0 Å². The molecular formula is C34H60N4O12. The summed E-state index contributed by atoms with van der Waals surface area (Å²) in [5.74, 6) is -3.10. The van der Waals surface area contributed by atoms with Gasteiger partial charge in [0, 0.05) is 6.42 Å². The van der Waals surface area contributed by atoms with Crippen molar-refractivity contribution in [2.45, 2.75) is 105 Å². The molecular weight excluding hydrogens is 656 g/mol. The Morgan fingerprint density at radius 3 is 1.24 bits per heavy atom. The van der Waals surface area contributed by atoms with E-state index >= 15 is 0 Å². The van der Waals surface area contributed by atoms with Crippen molar-refractivity contribution in [3.05, 3.63) is 0 Å². The molecule has 0 saturated heterocycles. The van der Waals surface area contributed by atoms with Gasteiger partial charge in [0.25, 0.3) is 0 Å². The Balaban J connectivity index is 0. The van der Waals surface area contributed by atoms with Crippen molar-refractivity contribution in [2.75, 3.05) is 72.4 Å². The van der Waals surface area contributed by atoms with Crippen molar-refractivity contribution in [3.8, 4) is 6.07 Å². The average Bonchev–Trinajstić information content (AvgIpc) is 3.06. The van der Waals surface area contributed by atoms with Gasteiger partial charge in [0.2, 0.25) is 0 Å². The van der Waals surface area contributed by atoms with E-state index in [1.54, 1.807) is 51.3 Å². The van der Waals surface area contributed by atoms with Gasteiger partial charge in [0.1, 0.15) is 12.1 Å². The summed E-state index contributed by atoms with van der Waals surface area (Å²) in [6, 6.07) is 0.249. The predicted octanol–water partition coefficient (Wildman–Crippen LogP) is 2.30. The maximum Gasteiger partial charge on any atom is 0.323 e. The van der Waals surface area contributed by atoms with Crippen LogP contribution in [0.1, 0.15) is 92.9 Å². The molecule has 0 amide bonds. The summed E-state index contributed by atoms with van der Waals surface area (Å²) in [7, 11) is 0. The SMILES string of the molecule is CCOC(=O)CC(C(=O)OCC)N(CCCCC#N)CC(=O)OCC.CCOC(=O)CC(C(=O)OCC)N(CCCCCN)CC(=O)OCC. The van der Waals surface area contributed by atoms with E-state index in [0.29, 0.717) is 38.9 Å². The highest BCUT2D eigenvalue weighted by atomic mass is 16.6. The first-order valence-electron chi connectivity index (χ1n) is 17.5. The number of carbonyl (C=O) groups is 6. The number of ether oxygens (including phenoxy) is 6. The molecule has 0 aliphatic rings. The Hall–Kier alpha value is -3.81. The van der Waals surface area contributed by atoms with Gasteiger partial charge in [-0.25, -0.2) is 0 Å². The van der Waals surface area contributed by atoms with Crippen LogP contribution in [0.15, 0.2) is 0 Å². The van der Waals surface area contributed by atoms with Crippen molar-refractivity contribution in [2.24, 2.45) is 5.73 Å². The molecule has 0 aromatic rings. The second-order valence-electron chi connectivity index (χ2n) is 10.6. The van der Waals surface area contributed by atoms with Crippen LogP contribution in [-0.4, -0.2) is 130 Å². The number of carbonyl (C=O) groups excluding carboxylic acids is 6. The van der Waals surface area contributed by atoms with Crippen molar-refractivity contribution >= 4 is 35.8 Å². The highest BCUT2D eigenvalue weighted by Gasteiger charge is 2.33. The van der Waals surface area contributed by atoms with Gasteiger partial charge in [-0.15, -0.1) is 0 Å². The highest BCUT2D eigenvalue weighted by molar-refractivity contribution is 5.84. The zero-order valence-corrected chi connectivity index (χ0v) is 30.9. The van der Waals surface area contributed by atoms with Crippen LogP contribution < -0.4 is 5.73 Å². The number of rotatable bonds is 27. The van der Waals surface area contributed by atoms with Crippen molar-refractivity contribution < 1.29 is 57.2 Å². The molecule has 0 saturated carbocycles. The number of unbranched alkanes of at least 4 members (excludes halogenated alkanes) is 4. The lowest BCUT2D eigenvalue weighted by Crippen LogP contribution is -2.47. The van der Waals surface area contributed by atoms with Crippen molar-refractivity contribution in [3.63, 3.8) is 0 Å². The summed E-state index contributed by atoms with van der Waals surface area (Å²) in [5, 5.41) is 8.62. The van der Waals surface area contributed by atoms with Gasteiger partial charge in [-0.05, 0) is 86.9 Å². The summed E-state index contributed by atoms with van der Waals surface area (Å²) >= 11 is 0. The van der Waals surface area contributed by atoms with Gasteiger partial charge >= 0.3 is 35.8 Å².